The van der Waals surface area contributed by atoms with E-state index in [1.165, 1.54) is 0 Å². The summed E-state index contributed by atoms with van der Waals surface area (Å²) >= 11 is 5.24. The molecular formula is C10H18N4S. The first-order valence-electron chi connectivity index (χ1n) is 4.99. The monoisotopic (exact) mass is 226 g/mol. The molecule has 0 radical (unpaired) electrons. The number of nitrogens with zero attached hydrogens (tertiary/aromatic N) is 3. The van der Waals surface area contributed by atoms with Gasteiger partial charge >= 0.3 is 0 Å². The quantitative estimate of drug-likeness (QED) is 0.783. The van der Waals surface area contributed by atoms with Gasteiger partial charge in [-0.05, 0) is 32.1 Å². The normalized spacial score (nSPS) is 10.5. The molecule has 0 spiro atoms. The summed E-state index contributed by atoms with van der Waals surface area (Å²) in [4.78, 5) is 1.98. The van der Waals surface area contributed by atoms with Gasteiger partial charge in [0.05, 0.1) is 12.2 Å². The van der Waals surface area contributed by atoms with Crippen molar-refractivity contribution in [2.75, 3.05) is 7.05 Å². The molecule has 0 amide bonds. The van der Waals surface area contributed by atoms with Gasteiger partial charge in [-0.25, -0.2) is 0 Å². The second-order valence-corrected chi connectivity index (χ2v) is 4.33. The molecule has 0 fully saturated rings. The van der Waals surface area contributed by atoms with Crippen LogP contribution in [0.1, 0.15) is 19.5 Å². The highest BCUT2D eigenvalue weighted by atomic mass is 32.1. The maximum absolute atomic E-state index is 5.24. The Morgan fingerprint density at radius 2 is 2.33 bits per heavy atom. The molecule has 0 unspecified atom stereocenters. The standard InChI is InChI=1S/C10H18N4S/c1-8(2)11-10(15)13(3)7-9-5-6-14(4)12-9/h5-6,8H,7H2,1-4H3,(H,11,15). The first kappa shape index (κ1) is 12.0. The Hall–Kier alpha value is -1.10. The van der Waals surface area contributed by atoms with Gasteiger partial charge in [0.1, 0.15) is 0 Å². The molecule has 1 rings (SSSR count). The fraction of sp³-hybridized carbons (Fsp3) is 0.600. The van der Waals surface area contributed by atoms with Crippen molar-refractivity contribution in [1.82, 2.24) is 20.0 Å². The Bertz CT molecular complexity index is 332. The first-order chi connectivity index (χ1) is 6.99. The molecule has 0 saturated carbocycles. The van der Waals surface area contributed by atoms with Gasteiger partial charge in [-0.3, -0.25) is 4.68 Å². The lowest BCUT2D eigenvalue weighted by Gasteiger charge is -2.21. The summed E-state index contributed by atoms with van der Waals surface area (Å²) in [6.07, 6.45) is 1.93. The van der Waals surface area contributed by atoms with E-state index in [2.05, 4.69) is 24.3 Å². The Kier molecular flexibility index (Phi) is 4.08. The van der Waals surface area contributed by atoms with Gasteiger partial charge in [0.2, 0.25) is 0 Å². The van der Waals surface area contributed by atoms with Gasteiger partial charge in [-0.1, -0.05) is 0 Å². The lowest BCUT2D eigenvalue weighted by Crippen LogP contribution is -2.40. The van der Waals surface area contributed by atoms with Crippen LogP contribution in [0.15, 0.2) is 12.3 Å². The molecule has 5 heteroatoms. The van der Waals surface area contributed by atoms with Crippen molar-refractivity contribution in [3.63, 3.8) is 0 Å². The van der Waals surface area contributed by atoms with Crippen LogP contribution in [0.2, 0.25) is 0 Å². The summed E-state index contributed by atoms with van der Waals surface area (Å²) in [5.74, 6) is 0. The second-order valence-electron chi connectivity index (χ2n) is 3.94. The van der Waals surface area contributed by atoms with E-state index in [-0.39, 0.29) is 0 Å². The minimum atomic E-state index is 0.365. The lowest BCUT2D eigenvalue weighted by molar-refractivity contribution is 0.470. The lowest BCUT2D eigenvalue weighted by atomic mass is 10.4. The largest absolute Gasteiger partial charge is 0.360 e. The number of rotatable bonds is 3. The highest BCUT2D eigenvalue weighted by Gasteiger charge is 2.07. The number of aromatic nitrogens is 2. The predicted molar refractivity (Wildman–Crippen MR) is 65.5 cm³/mol. The van der Waals surface area contributed by atoms with Crippen LogP contribution in [0.5, 0.6) is 0 Å². The molecule has 0 aliphatic heterocycles. The number of hydrogen-bond donors (Lipinski definition) is 1. The summed E-state index contributed by atoms with van der Waals surface area (Å²) < 4.78 is 1.79. The van der Waals surface area contributed by atoms with Crippen molar-refractivity contribution >= 4 is 17.3 Å². The molecule has 4 nitrogen and oxygen atoms in total. The van der Waals surface area contributed by atoms with E-state index in [9.17, 15) is 0 Å². The molecule has 0 saturated heterocycles. The van der Waals surface area contributed by atoms with Crippen molar-refractivity contribution in [3.05, 3.63) is 18.0 Å². The minimum Gasteiger partial charge on any atom is -0.360 e. The van der Waals surface area contributed by atoms with Gasteiger partial charge in [-0.2, -0.15) is 5.10 Å². The second kappa shape index (κ2) is 5.11. The topological polar surface area (TPSA) is 33.1 Å². The molecule has 1 heterocycles. The van der Waals surface area contributed by atoms with Crippen LogP contribution >= 0.6 is 12.2 Å². The van der Waals surface area contributed by atoms with E-state index >= 15 is 0 Å². The molecule has 0 aliphatic carbocycles. The van der Waals surface area contributed by atoms with E-state index in [4.69, 9.17) is 12.2 Å². The van der Waals surface area contributed by atoms with Crippen LogP contribution in [0.3, 0.4) is 0 Å². The van der Waals surface area contributed by atoms with E-state index in [1.54, 1.807) is 4.68 Å². The predicted octanol–water partition coefficient (Wildman–Crippen LogP) is 1.13. The average Bonchev–Trinajstić information content (AvgIpc) is 2.50. The van der Waals surface area contributed by atoms with E-state index in [0.29, 0.717) is 6.04 Å². The third-order valence-electron chi connectivity index (χ3n) is 1.93. The van der Waals surface area contributed by atoms with Crippen molar-refractivity contribution in [2.45, 2.75) is 26.4 Å². The van der Waals surface area contributed by atoms with Crippen LogP contribution in [0.25, 0.3) is 0 Å². The third-order valence-corrected chi connectivity index (χ3v) is 2.36. The first-order valence-corrected chi connectivity index (χ1v) is 5.40. The number of thiocarbonyl (C=S) groups is 1. The summed E-state index contributed by atoms with van der Waals surface area (Å²) in [6, 6.07) is 2.36. The van der Waals surface area contributed by atoms with Crippen molar-refractivity contribution in [3.8, 4) is 0 Å². The van der Waals surface area contributed by atoms with Crippen molar-refractivity contribution in [1.29, 1.82) is 0 Å². The van der Waals surface area contributed by atoms with Crippen molar-refractivity contribution in [2.24, 2.45) is 7.05 Å². The zero-order valence-electron chi connectivity index (χ0n) is 9.69. The highest BCUT2D eigenvalue weighted by molar-refractivity contribution is 7.80. The molecule has 0 aliphatic rings. The average molecular weight is 226 g/mol. The van der Waals surface area contributed by atoms with Crippen LogP contribution < -0.4 is 5.32 Å². The maximum atomic E-state index is 5.24. The van der Waals surface area contributed by atoms with Gasteiger partial charge in [0.25, 0.3) is 0 Å². The van der Waals surface area contributed by atoms with Crippen LogP contribution in [-0.2, 0) is 13.6 Å². The molecular weight excluding hydrogens is 208 g/mol. The molecule has 1 aromatic rings. The Morgan fingerprint density at radius 3 is 2.80 bits per heavy atom. The molecule has 0 atom stereocenters. The molecule has 84 valence electrons. The smallest absolute Gasteiger partial charge is 0.169 e. The summed E-state index contributed by atoms with van der Waals surface area (Å²) in [7, 11) is 3.88. The molecule has 0 bridgehead atoms. The van der Waals surface area contributed by atoms with Gasteiger partial charge in [0, 0.05) is 26.3 Å². The molecule has 15 heavy (non-hydrogen) atoms. The summed E-state index contributed by atoms with van der Waals surface area (Å²) in [5, 5.41) is 8.25. The van der Waals surface area contributed by atoms with Crippen LogP contribution in [0.4, 0.5) is 0 Å². The highest BCUT2D eigenvalue weighted by Crippen LogP contribution is 2.00. The molecule has 1 aromatic heterocycles. The van der Waals surface area contributed by atoms with Gasteiger partial charge in [0.15, 0.2) is 5.11 Å². The number of aryl methyl sites for hydroxylation is 1. The number of hydrogen-bond acceptors (Lipinski definition) is 2. The Balaban J connectivity index is 2.48. The van der Waals surface area contributed by atoms with E-state index in [1.807, 2.05) is 31.3 Å². The zero-order valence-corrected chi connectivity index (χ0v) is 10.5. The fourth-order valence-corrected chi connectivity index (χ4v) is 1.52. The van der Waals surface area contributed by atoms with Crippen molar-refractivity contribution < 1.29 is 0 Å². The SMILES string of the molecule is CC(C)NC(=S)N(C)Cc1ccn(C)n1. The molecule has 1 N–H and O–H groups in total. The fourth-order valence-electron chi connectivity index (χ4n) is 1.22. The summed E-state index contributed by atoms with van der Waals surface area (Å²) in [6.45, 7) is 4.88. The van der Waals surface area contributed by atoms with Crippen LogP contribution in [-0.4, -0.2) is 32.9 Å². The number of nitrogens with one attached hydrogen (secondary N) is 1. The van der Waals surface area contributed by atoms with E-state index < -0.39 is 0 Å². The zero-order chi connectivity index (χ0) is 11.4. The van der Waals surface area contributed by atoms with Gasteiger partial charge < -0.3 is 10.2 Å². The third kappa shape index (κ3) is 3.87. The Labute approximate surface area is 96.3 Å². The minimum absolute atomic E-state index is 0.365. The van der Waals surface area contributed by atoms with E-state index in [0.717, 1.165) is 17.4 Å². The Morgan fingerprint density at radius 1 is 1.67 bits per heavy atom. The molecule has 0 aromatic carbocycles. The maximum Gasteiger partial charge on any atom is 0.169 e. The van der Waals surface area contributed by atoms with Gasteiger partial charge in [-0.15, -0.1) is 0 Å². The summed E-state index contributed by atoms with van der Waals surface area (Å²) in [5.41, 5.74) is 1.02. The van der Waals surface area contributed by atoms with Crippen LogP contribution in [0, 0.1) is 0 Å².